The summed E-state index contributed by atoms with van der Waals surface area (Å²) in [7, 11) is -4.04. The Hall–Kier alpha value is -2.42. The lowest BCUT2D eigenvalue weighted by Crippen LogP contribution is -2.54. The molecule has 0 spiro atoms. The third kappa shape index (κ3) is 4.99. The number of piperidine rings is 1. The van der Waals surface area contributed by atoms with Crippen LogP contribution in [0.4, 0.5) is 19.0 Å². The third-order valence-electron chi connectivity index (χ3n) is 6.11. The number of piperazine rings is 1. The van der Waals surface area contributed by atoms with Gasteiger partial charge in [-0.15, -0.1) is 0 Å². The van der Waals surface area contributed by atoms with E-state index in [1.165, 1.54) is 4.31 Å². The van der Waals surface area contributed by atoms with Crippen molar-refractivity contribution in [3.63, 3.8) is 0 Å². The van der Waals surface area contributed by atoms with Crippen LogP contribution >= 0.6 is 11.6 Å². The van der Waals surface area contributed by atoms with Crippen molar-refractivity contribution in [3.8, 4) is 0 Å². The Balaban J connectivity index is 1.35. The fraction of sp³-hybridized carbons (Fsp3) is 0.526. The second-order valence-corrected chi connectivity index (χ2v) is 10.4. The Kier molecular flexibility index (Phi) is 6.77. The molecule has 2 saturated heterocycles. The molecule has 2 aromatic heterocycles. The summed E-state index contributed by atoms with van der Waals surface area (Å²) in [4.78, 5) is 34.6. The van der Waals surface area contributed by atoms with Crippen LogP contribution < -0.4 is 16.1 Å². The molecule has 34 heavy (non-hydrogen) atoms. The summed E-state index contributed by atoms with van der Waals surface area (Å²) in [6.45, 7) is 2.72. The summed E-state index contributed by atoms with van der Waals surface area (Å²) >= 11 is 6.06. The minimum atomic E-state index is -4.51. The number of rotatable bonds is 4. The van der Waals surface area contributed by atoms with Gasteiger partial charge in [0.1, 0.15) is 5.82 Å². The van der Waals surface area contributed by atoms with Gasteiger partial charge in [-0.25, -0.2) is 18.2 Å². The Labute approximate surface area is 197 Å². The molecule has 2 aliphatic heterocycles. The maximum atomic E-state index is 12.8. The lowest BCUT2D eigenvalue weighted by Gasteiger charge is -2.42. The lowest BCUT2D eigenvalue weighted by molar-refractivity contribution is -0.137. The van der Waals surface area contributed by atoms with Crippen LogP contribution in [0.3, 0.4) is 0 Å². The zero-order valence-corrected chi connectivity index (χ0v) is 19.4. The number of aromatic amines is 2. The molecule has 0 radical (unpaired) electrons. The van der Waals surface area contributed by atoms with Crippen molar-refractivity contribution in [2.75, 3.05) is 44.2 Å². The molecule has 0 unspecified atom stereocenters. The van der Waals surface area contributed by atoms with E-state index in [2.05, 4.69) is 14.9 Å². The van der Waals surface area contributed by atoms with E-state index < -0.39 is 37.9 Å². The number of aromatic nitrogens is 3. The van der Waals surface area contributed by atoms with Crippen molar-refractivity contribution in [3.05, 3.63) is 49.9 Å². The first-order valence-electron chi connectivity index (χ1n) is 10.5. The van der Waals surface area contributed by atoms with Gasteiger partial charge in [0.05, 0.1) is 10.6 Å². The molecule has 0 aliphatic carbocycles. The van der Waals surface area contributed by atoms with E-state index in [1.54, 1.807) is 0 Å². The number of sulfonamides is 1. The third-order valence-corrected chi connectivity index (χ3v) is 8.29. The van der Waals surface area contributed by atoms with Gasteiger partial charge in [-0.1, -0.05) is 11.6 Å². The van der Waals surface area contributed by atoms with E-state index in [1.807, 2.05) is 9.88 Å². The van der Waals surface area contributed by atoms with Gasteiger partial charge >= 0.3 is 11.9 Å². The van der Waals surface area contributed by atoms with Crippen molar-refractivity contribution < 1.29 is 21.6 Å². The highest BCUT2D eigenvalue weighted by atomic mass is 35.5. The molecule has 2 fully saturated rings. The van der Waals surface area contributed by atoms with Gasteiger partial charge in [0.15, 0.2) is 4.90 Å². The van der Waals surface area contributed by atoms with Gasteiger partial charge in [0, 0.05) is 57.7 Å². The van der Waals surface area contributed by atoms with Crippen LogP contribution in [0.15, 0.2) is 32.9 Å². The molecule has 2 aliphatic rings. The predicted molar refractivity (Wildman–Crippen MR) is 117 cm³/mol. The van der Waals surface area contributed by atoms with Gasteiger partial charge in [-0.2, -0.15) is 17.5 Å². The Morgan fingerprint density at radius 2 is 1.71 bits per heavy atom. The van der Waals surface area contributed by atoms with E-state index in [4.69, 9.17) is 11.6 Å². The number of anilines is 1. The maximum Gasteiger partial charge on any atom is 0.417 e. The van der Waals surface area contributed by atoms with Crippen molar-refractivity contribution in [1.29, 1.82) is 0 Å². The molecule has 0 amide bonds. The second kappa shape index (κ2) is 9.32. The van der Waals surface area contributed by atoms with E-state index in [-0.39, 0.29) is 24.2 Å². The zero-order chi connectivity index (χ0) is 24.7. The molecule has 4 heterocycles. The Morgan fingerprint density at radius 3 is 2.26 bits per heavy atom. The minimum Gasteiger partial charge on any atom is -0.353 e. The molecule has 15 heteroatoms. The number of H-pyrrole nitrogens is 2. The molecule has 0 aromatic carbocycles. The predicted octanol–water partition coefficient (Wildman–Crippen LogP) is 1.11. The van der Waals surface area contributed by atoms with Crippen LogP contribution in [0.2, 0.25) is 5.02 Å². The molecule has 2 N–H and O–H groups in total. The first-order valence-corrected chi connectivity index (χ1v) is 12.3. The monoisotopic (exact) mass is 522 g/mol. The SMILES string of the molecule is O=c1[nH]cc(S(=O)(=O)N2CCC(N3CCN(c4ncc(C(F)(F)F)cc4Cl)CC3)CC2)c(=O)[nH]1. The van der Waals surface area contributed by atoms with Gasteiger partial charge < -0.3 is 9.88 Å². The van der Waals surface area contributed by atoms with Crippen molar-refractivity contribution in [1.82, 2.24) is 24.2 Å². The molecule has 4 rings (SSSR count). The molecule has 0 bridgehead atoms. The maximum absolute atomic E-state index is 12.8. The highest BCUT2D eigenvalue weighted by Gasteiger charge is 2.35. The van der Waals surface area contributed by atoms with Crippen LogP contribution in [0.5, 0.6) is 0 Å². The summed E-state index contributed by atoms with van der Waals surface area (Å²) in [6, 6.07) is 0.998. The van der Waals surface area contributed by atoms with Crippen molar-refractivity contribution in [2.24, 2.45) is 0 Å². The van der Waals surface area contributed by atoms with Crippen molar-refractivity contribution in [2.45, 2.75) is 30.0 Å². The van der Waals surface area contributed by atoms with Gasteiger partial charge in [0.25, 0.3) is 5.56 Å². The van der Waals surface area contributed by atoms with Crippen LogP contribution in [0, 0.1) is 0 Å². The molecule has 0 saturated carbocycles. The van der Waals surface area contributed by atoms with Gasteiger partial charge in [0.2, 0.25) is 10.0 Å². The zero-order valence-electron chi connectivity index (χ0n) is 17.8. The van der Waals surface area contributed by atoms with Crippen molar-refractivity contribution >= 4 is 27.4 Å². The standard InChI is InChI=1S/C19H22ClF3N6O4S/c20-14-9-12(19(21,22)23)10-24-16(14)28-7-5-27(6-8-28)13-1-3-29(4-2-13)34(32,33)15-11-25-18(31)26-17(15)30/h9-11,13H,1-8H2,(H2,25,26,30,31). The van der Waals surface area contributed by atoms with Gasteiger partial charge in [-0.3, -0.25) is 14.7 Å². The van der Waals surface area contributed by atoms with Crippen LogP contribution in [-0.4, -0.2) is 77.9 Å². The smallest absolute Gasteiger partial charge is 0.353 e. The largest absolute Gasteiger partial charge is 0.417 e. The van der Waals surface area contributed by atoms with Crippen LogP contribution in [0.25, 0.3) is 0 Å². The summed E-state index contributed by atoms with van der Waals surface area (Å²) in [5, 5.41) is -0.0565. The highest BCUT2D eigenvalue weighted by molar-refractivity contribution is 7.89. The summed E-state index contributed by atoms with van der Waals surface area (Å²) in [5.74, 6) is 0.307. The lowest BCUT2D eigenvalue weighted by atomic mass is 10.0. The Bertz CT molecular complexity index is 1270. The quantitative estimate of drug-likeness (QED) is 0.616. The summed E-state index contributed by atoms with van der Waals surface area (Å²) < 4.78 is 65.3. The van der Waals surface area contributed by atoms with E-state index in [0.717, 1.165) is 18.5 Å². The molecular formula is C19H22ClF3N6O4S. The number of hydrogen-bond donors (Lipinski definition) is 2. The molecule has 2 aromatic rings. The summed E-state index contributed by atoms with van der Waals surface area (Å²) in [5.41, 5.74) is -2.64. The fourth-order valence-electron chi connectivity index (χ4n) is 4.29. The molecule has 186 valence electrons. The fourth-order valence-corrected chi connectivity index (χ4v) is 6.04. The molecular weight excluding hydrogens is 501 g/mol. The first-order chi connectivity index (χ1) is 16.0. The number of pyridine rings is 1. The first kappa shape index (κ1) is 24.7. The van der Waals surface area contributed by atoms with E-state index >= 15 is 0 Å². The highest BCUT2D eigenvalue weighted by Crippen LogP contribution is 2.34. The topological polar surface area (TPSA) is 122 Å². The average Bonchev–Trinajstić information content (AvgIpc) is 2.78. The van der Waals surface area contributed by atoms with Gasteiger partial charge in [-0.05, 0) is 18.9 Å². The molecule has 10 nitrogen and oxygen atoms in total. The average molecular weight is 523 g/mol. The van der Waals surface area contributed by atoms with Crippen LogP contribution in [-0.2, 0) is 16.2 Å². The normalized spacial score (nSPS) is 19.5. The number of alkyl halides is 3. The van der Waals surface area contributed by atoms with E-state index in [9.17, 15) is 31.2 Å². The minimum absolute atomic E-state index is 0.0565. The number of hydrogen-bond acceptors (Lipinski definition) is 7. The van der Waals surface area contributed by atoms with Crippen LogP contribution in [0.1, 0.15) is 18.4 Å². The Morgan fingerprint density at radius 1 is 1.06 bits per heavy atom. The van der Waals surface area contributed by atoms with E-state index in [0.29, 0.717) is 44.8 Å². The summed E-state index contributed by atoms with van der Waals surface area (Å²) in [6.07, 6.45) is -1.72. The number of halogens is 4. The molecule has 0 atom stereocenters. The second-order valence-electron chi connectivity index (χ2n) is 8.12. The number of nitrogens with one attached hydrogen (secondary N) is 2. The number of nitrogens with zero attached hydrogens (tertiary/aromatic N) is 4.